The fourth-order valence-corrected chi connectivity index (χ4v) is 2.70. The van der Waals surface area contributed by atoms with Crippen LogP contribution in [0.5, 0.6) is 0 Å². The predicted octanol–water partition coefficient (Wildman–Crippen LogP) is 6.04. The topological polar surface area (TPSA) is 0 Å². The molecular weight excluding hydrogens is 204 g/mol. The summed E-state index contributed by atoms with van der Waals surface area (Å²) in [7, 11) is 0. The highest BCUT2D eigenvalue weighted by atomic mass is 14.1. The highest BCUT2D eigenvalue weighted by Gasteiger charge is 2.02. The van der Waals surface area contributed by atoms with Gasteiger partial charge in [-0.25, -0.2) is 0 Å². The zero-order valence-electron chi connectivity index (χ0n) is 11.5. The summed E-state index contributed by atoms with van der Waals surface area (Å²) >= 11 is 0. The van der Waals surface area contributed by atoms with Crippen molar-refractivity contribution in [3.8, 4) is 0 Å². The number of allylic oxidation sites excluding steroid dienone is 3. The van der Waals surface area contributed by atoms with Crippen LogP contribution in [-0.2, 0) is 0 Å². The predicted molar refractivity (Wildman–Crippen MR) is 78.2 cm³/mol. The monoisotopic (exact) mass is 234 g/mol. The van der Waals surface area contributed by atoms with Crippen molar-refractivity contribution >= 4 is 0 Å². The lowest BCUT2D eigenvalue weighted by molar-refractivity contribution is 0.508. The smallest absolute Gasteiger partial charge is 0.0199 e. The van der Waals surface area contributed by atoms with E-state index in [0.29, 0.717) is 0 Å². The van der Waals surface area contributed by atoms with Gasteiger partial charge in [0.15, 0.2) is 0 Å². The average molecular weight is 234 g/mol. The van der Waals surface area contributed by atoms with E-state index in [2.05, 4.69) is 24.8 Å². The summed E-state index contributed by atoms with van der Waals surface area (Å²) in [5.41, 5.74) is 0. The summed E-state index contributed by atoms with van der Waals surface area (Å²) in [6, 6.07) is 0. The minimum Gasteiger partial charge on any atom is -0.103 e. The van der Waals surface area contributed by atoms with E-state index in [1.165, 1.54) is 70.6 Å². The normalized spacial score (nSPS) is 26.9. The summed E-state index contributed by atoms with van der Waals surface area (Å²) in [4.78, 5) is 0. The molecule has 0 aromatic carbocycles. The fraction of sp³-hybridized carbons (Fsp3) is 0.765. The second kappa shape index (κ2) is 10.6. The van der Waals surface area contributed by atoms with Gasteiger partial charge in [-0.2, -0.15) is 0 Å². The van der Waals surface area contributed by atoms with E-state index in [0.717, 1.165) is 12.3 Å². The SMILES string of the molecule is C=CCC1/C=C/CCCCCCCCCCC1. The Bertz CT molecular complexity index is 202. The molecule has 1 atom stereocenters. The Balaban J connectivity index is 2.31. The van der Waals surface area contributed by atoms with Crippen LogP contribution in [0.3, 0.4) is 0 Å². The van der Waals surface area contributed by atoms with E-state index in [-0.39, 0.29) is 0 Å². The van der Waals surface area contributed by atoms with Gasteiger partial charge < -0.3 is 0 Å². The van der Waals surface area contributed by atoms with Crippen molar-refractivity contribution in [1.29, 1.82) is 0 Å². The van der Waals surface area contributed by atoms with E-state index in [1.807, 2.05) is 0 Å². The third-order valence-electron chi connectivity index (χ3n) is 3.82. The minimum atomic E-state index is 0.760. The molecular formula is C17H30. The van der Waals surface area contributed by atoms with Crippen LogP contribution in [0.4, 0.5) is 0 Å². The Labute approximate surface area is 108 Å². The molecule has 0 fully saturated rings. The molecule has 0 spiro atoms. The zero-order chi connectivity index (χ0) is 12.2. The van der Waals surface area contributed by atoms with Gasteiger partial charge in [0, 0.05) is 0 Å². The number of rotatable bonds is 2. The molecule has 0 nitrogen and oxygen atoms in total. The van der Waals surface area contributed by atoms with Crippen molar-refractivity contribution in [1.82, 2.24) is 0 Å². The van der Waals surface area contributed by atoms with Gasteiger partial charge in [0.25, 0.3) is 0 Å². The molecule has 0 N–H and O–H groups in total. The molecule has 0 aliphatic heterocycles. The van der Waals surface area contributed by atoms with E-state index < -0.39 is 0 Å². The number of hydrogen-bond acceptors (Lipinski definition) is 0. The largest absolute Gasteiger partial charge is 0.103 e. The van der Waals surface area contributed by atoms with Crippen molar-refractivity contribution in [3.05, 3.63) is 24.8 Å². The average Bonchev–Trinajstić information content (AvgIpc) is 2.34. The van der Waals surface area contributed by atoms with Crippen molar-refractivity contribution in [2.75, 3.05) is 0 Å². The lowest BCUT2D eigenvalue weighted by Gasteiger charge is -2.11. The molecule has 98 valence electrons. The van der Waals surface area contributed by atoms with Crippen molar-refractivity contribution < 1.29 is 0 Å². The van der Waals surface area contributed by atoms with E-state index in [4.69, 9.17) is 0 Å². The van der Waals surface area contributed by atoms with E-state index in [9.17, 15) is 0 Å². The maximum absolute atomic E-state index is 3.88. The molecule has 1 rings (SSSR count). The molecule has 1 unspecified atom stereocenters. The third-order valence-corrected chi connectivity index (χ3v) is 3.82. The van der Waals surface area contributed by atoms with Crippen LogP contribution < -0.4 is 0 Å². The summed E-state index contributed by atoms with van der Waals surface area (Å²) in [6.45, 7) is 3.88. The quantitative estimate of drug-likeness (QED) is 0.511. The highest BCUT2D eigenvalue weighted by molar-refractivity contribution is 4.91. The molecule has 1 aliphatic carbocycles. The van der Waals surface area contributed by atoms with Gasteiger partial charge in [0.05, 0.1) is 0 Å². The van der Waals surface area contributed by atoms with Crippen molar-refractivity contribution in [2.24, 2.45) is 5.92 Å². The summed E-state index contributed by atoms with van der Waals surface area (Å²) in [5.74, 6) is 0.760. The lowest BCUT2D eigenvalue weighted by atomic mass is 9.95. The molecule has 0 heteroatoms. The molecule has 1 aliphatic rings. The Morgan fingerprint density at radius 2 is 1.47 bits per heavy atom. The molecule has 0 aromatic heterocycles. The molecule has 0 heterocycles. The first-order valence-electron chi connectivity index (χ1n) is 7.71. The van der Waals surface area contributed by atoms with Gasteiger partial charge in [-0.05, 0) is 31.6 Å². The fourth-order valence-electron chi connectivity index (χ4n) is 2.70. The third kappa shape index (κ3) is 8.24. The maximum Gasteiger partial charge on any atom is -0.0199 e. The van der Waals surface area contributed by atoms with Crippen molar-refractivity contribution in [3.63, 3.8) is 0 Å². The molecule has 0 amide bonds. The van der Waals surface area contributed by atoms with Gasteiger partial charge >= 0.3 is 0 Å². The van der Waals surface area contributed by atoms with Gasteiger partial charge in [0.1, 0.15) is 0 Å². The lowest BCUT2D eigenvalue weighted by Crippen LogP contribution is -1.95. The van der Waals surface area contributed by atoms with Crippen LogP contribution in [0.15, 0.2) is 24.8 Å². The highest BCUT2D eigenvalue weighted by Crippen LogP contribution is 2.19. The minimum absolute atomic E-state index is 0.760. The zero-order valence-corrected chi connectivity index (χ0v) is 11.5. The molecule has 0 radical (unpaired) electrons. The molecule has 0 saturated carbocycles. The van der Waals surface area contributed by atoms with Crippen LogP contribution in [0.2, 0.25) is 0 Å². The first-order chi connectivity index (χ1) is 8.43. The van der Waals surface area contributed by atoms with Crippen LogP contribution in [0.25, 0.3) is 0 Å². The second-order valence-corrected chi connectivity index (χ2v) is 5.47. The van der Waals surface area contributed by atoms with Gasteiger partial charge in [-0.3, -0.25) is 0 Å². The maximum atomic E-state index is 3.88. The Morgan fingerprint density at radius 3 is 2.12 bits per heavy atom. The Morgan fingerprint density at radius 1 is 0.882 bits per heavy atom. The van der Waals surface area contributed by atoms with Gasteiger partial charge in [0.2, 0.25) is 0 Å². The van der Waals surface area contributed by atoms with Gasteiger partial charge in [-0.15, -0.1) is 6.58 Å². The van der Waals surface area contributed by atoms with Crippen LogP contribution in [0, 0.1) is 5.92 Å². The molecule has 0 bridgehead atoms. The molecule has 0 aromatic rings. The van der Waals surface area contributed by atoms with Crippen LogP contribution in [-0.4, -0.2) is 0 Å². The Hall–Kier alpha value is -0.520. The van der Waals surface area contributed by atoms with Crippen LogP contribution >= 0.6 is 0 Å². The standard InChI is InChI=1S/C17H30/c1-2-14-17-15-12-10-8-6-4-3-5-7-9-11-13-16-17/h2,12,15,17H,1,3-11,13-14,16H2/b15-12+. The second-order valence-electron chi connectivity index (χ2n) is 5.47. The summed E-state index contributed by atoms with van der Waals surface area (Å²) < 4.78 is 0. The molecule has 17 heavy (non-hydrogen) atoms. The summed E-state index contributed by atoms with van der Waals surface area (Å²) in [5, 5.41) is 0. The van der Waals surface area contributed by atoms with E-state index in [1.54, 1.807) is 0 Å². The first kappa shape index (κ1) is 14.5. The number of hydrogen-bond donors (Lipinski definition) is 0. The first-order valence-corrected chi connectivity index (χ1v) is 7.71. The van der Waals surface area contributed by atoms with Crippen LogP contribution in [0.1, 0.15) is 77.0 Å². The Kier molecular flexibility index (Phi) is 9.09. The van der Waals surface area contributed by atoms with Crippen molar-refractivity contribution in [2.45, 2.75) is 77.0 Å². The van der Waals surface area contributed by atoms with E-state index >= 15 is 0 Å². The van der Waals surface area contributed by atoms with Gasteiger partial charge in [-0.1, -0.05) is 69.6 Å². The summed E-state index contributed by atoms with van der Waals surface area (Å²) in [6.07, 6.45) is 23.7. The molecule has 0 saturated heterocycles.